The molecule has 0 aliphatic carbocycles. The Kier molecular flexibility index (Phi) is 7.81. The van der Waals surface area contributed by atoms with Gasteiger partial charge in [-0.05, 0) is 11.8 Å². The highest BCUT2D eigenvalue weighted by Crippen LogP contribution is 2.43. The maximum absolute atomic E-state index is 9.55. The van der Waals surface area contributed by atoms with E-state index < -0.39 is 25.2 Å². The third-order valence-electron chi connectivity index (χ3n) is 3.99. The Balaban J connectivity index is 1.70. The van der Waals surface area contributed by atoms with Gasteiger partial charge in [0.25, 0.3) is 0 Å². The van der Waals surface area contributed by atoms with Crippen LogP contribution < -0.4 is 11.5 Å². The highest BCUT2D eigenvalue weighted by atomic mass is 32.5. The molecule has 29 heavy (non-hydrogen) atoms. The second-order valence-electron chi connectivity index (χ2n) is 6.00. The summed E-state index contributed by atoms with van der Waals surface area (Å²) in [6, 6.07) is 0. The van der Waals surface area contributed by atoms with Gasteiger partial charge in [-0.2, -0.15) is 0 Å². The van der Waals surface area contributed by atoms with E-state index in [9.17, 15) is 9.79 Å². The molecule has 3 heterocycles. The highest BCUT2D eigenvalue weighted by Gasteiger charge is 2.43. The number of aromatic nitrogens is 4. The molecule has 1 saturated heterocycles. The van der Waals surface area contributed by atoms with Crippen LogP contribution in [0.25, 0.3) is 11.2 Å². The molecular formula is C14H23N6O7PS. The molecular weight excluding hydrogens is 427 g/mol. The van der Waals surface area contributed by atoms with Gasteiger partial charge >= 0.3 is 6.72 Å². The topological polar surface area (TPSA) is 182 Å². The summed E-state index contributed by atoms with van der Waals surface area (Å²) in [4.78, 5) is 31.4. The van der Waals surface area contributed by atoms with Crippen LogP contribution in [0.1, 0.15) is 6.23 Å². The predicted octanol–water partition coefficient (Wildman–Crippen LogP) is -1.13. The lowest BCUT2D eigenvalue weighted by molar-refractivity contribution is -0.141. The number of nitrogens with two attached hydrogens (primary N) is 2. The summed E-state index contributed by atoms with van der Waals surface area (Å²) in [6.45, 7) is -2.52. The van der Waals surface area contributed by atoms with Crippen LogP contribution in [-0.2, 0) is 35.3 Å². The summed E-state index contributed by atoms with van der Waals surface area (Å²) in [5.41, 5.74) is 12.0. The fourth-order valence-corrected chi connectivity index (χ4v) is 3.67. The molecule has 1 aliphatic heterocycles. The molecule has 6 N–H and O–H groups in total. The Bertz CT molecular complexity index is 851. The molecule has 0 bridgehead atoms. The third kappa shape index (κ3) is 5.86. The van der Waals surface area contributed by atoms with Crippen molar-refractivity contribution in [1.29, 1.82) is 0 Å². The number of rotatable bonds is 11. The summed E-state index contributed by atoms with van der Waals surface area (Å²) in [5, 5.41) is 0. The van der Waals surface area contributed by atoms with Gasteiger partial charge in [0.2, 0.25) is 0 Å². The van der Waals surface area contributed by atoms with Crippen molar-refractivity contribution in [3.8, 4) is 0 Å². The molecule has 13 nitrogen and oxygen atoms in total. The highest BCUT2D eigenvalue weighted by molar-refractivity contribution is 8.06. The van der Waals surface area contributed by atoms with E-state index in [0.717, 1.165) is 0 Å². The molecule has 2 aromatic heterocycles. The molecule has 1 fully saturated rings. The first-order valence-electron chi connectivity index (χ1n) is 8.66. The Morgan fingerprint density at radius 2 is 2.03 bits per heavy atom. The minimum absolute atomic E-state index is 0.00862. The normalized spacial score (nSPS) is 22.5. The van der Waals surface area contributed by atoms with Gasteiger partial charge in [-0.3, -0.25) is 4.57 Å². The van der Waals surface area contributed by atoms with Crippen LogP contribution in [0, 0.1) is 0 Å². The van der Waals surface area contributed by atoms with E-state index in [2.05, 4.69) is 26.8 Å². The molecule has 0 radical (unpaired) electrons. The van der Waals surface area contributed by atoms with Crippen molar-refractivity contribution >= 4 is 35.5 Å². The molecule has 1 aliphatic rings. The first kappa shape index (κ1) is 22.4. The van der Waals surface area contributed by atoms with Crippen LogP contribution in [0.2, 0.25) is 0 Å². The number of anilines is 1. The van der Waals surface area contributed by atoms with E-state index in [-0.39, 0.29) is 19.2 Å². The minimum atomic E-state index is -3.94. The van der Waals surface area contributed by atoms with Gasteiger partial charge in [-0.1, -0.05) is 0 Å². The van der Waals surface area contributed by atoms with Crippen LogP contribution in [-0.4, -0.2) is 81.3 Å². The second-order valence-corrected chi connectivity index (χ2v) is 8.62. The van der Waals surface area contributed by atoms with Gasteiger partial charge in [0.1, 0.15) is 30.8 Å². The Hall–Kier alpha value is -1.32. The zero-order chi connectivity index (χ0) is 20.9. The van der Waals surface area contributed by atoms with Crippen molar-refractivity contribution in [2.24, 2.45) is 5.73 Å². The van der Waals surface area contributed by atoms with E-state index >= 15 is 0 Å². The van der Waals surface area contributed by atoms with E-state index in [4.69, 9.17) is 34.9 Å². The van der Waals surface area contributed by atoms with Crippen LogP contribution >= 0.6 is 6.72 Å². The Labute approximate surface area is 171 Å². The van der Waals surface area contributed by atoms with Crippen LogP contribution in [0.5, 0.6) is 0 Å². The molecule has 0 amide bonds. The summed E-state index contributed by atoms with van der Waals surface area (Å²) >= 11 is 4.58. The van der Waals surface area contributed by atoms with Crippen LogP contribution in [0.15, 0.2) is 12.7 Å². The second kappa shape index (κ2) is 10.1. The van der Waals surface area contributed by atoms with Crippen molar-refractivity contribution in [2.45, 2.75) is 18.4 Å². The fourth-order valence-electron chi connectivity index (χ4n) is 2.81. The van der Waals surface area contributed by atoms with Gasteiger partial charge < -0.3 is 44.7 Å². The Morgan fingerprint density at radius 1 is 1.24 bits per heavy atom. The predicted molar refractivity (Wildman–Crippen MR) is 104 cm³/mol. The zero-order valence-electron chi connectivity index (χ0n) is 15.4. The molecule has 3 rings (SSSR count). The molecule has 0 saturated carbocycles. The van der Waals surface area contributed by atoms with Crippen molar-refractivity contribution < 1.29 is 33.3 Å². The summed E-state index contributed by atoms with van der Waals surface area (Å²) in [6.07, 6.45) is 0.428. The minimum Gasteiger partial charge on any atom is -0.382 e. The maximum Gasteiger partial charge on any atom is 0.322 e. The monoisotopic (exact) mass is 450 g/mol. The average Bonchev–Trinajstić information content (AvgIpc) is 3.24. The number of ether oxygens (including phenoxy) is 4. The van der Waals surface area contributed by atoms with Crippen molar-refractivity contribution in [3.63, 3.8) is 0 Å². The summed E-state index contributed by atoms with van der Waals surface area (Å²) in [7, 11) is 0. The lowest BCUT2D eigenvalue weighted by atomic mass is 10.2. The first-order chi connectivity index (χ1) is 13.9. The largest absolute Gasteiger partial charge is 0.382 e. The molecule has 0 spiro atoms. The molecule has 162 valence electrons. The quantitative estimate of drug-likeness (QED) is 0.183. The number of hydrogen-bond acceptors (Lipinski definition) is 11. The van der Waals surface area contributed by atoms with Gasteiger partial charge in [0.15, 0.2) is 17.7 Å². The lowest BCUT2D eigenvalue weighted by Crippen LogP contribution is -2.34. The number of imidazole rings is 1. The molecule has 1 unspecified atom stereocenters. The first-order valence-corrected chi connectivity index (χ1v) is 11.3. The third-order valence-corrected chi connectivity index (χ3v) is 4.79. The summed E-state index contributed by atoms with van der Waals surface area (Å²) < 4.78 is 28.9. The smallest absolute Gasteiger partial charge is 0.322 e. The van der Waals surface area contributed by atoms with Crippen molar-refractivity contribution in [2.75, 3.05) is 45.5 Å². The van der Waals surface area contributed by atoms with Gasteiger partial charge in [-0.25, -0.2) is 15.0 Å². The van der Waals surface area contributed by atoms with Crippen LogP contribution in [0.4, 0.5) is 5.82 Å². The van der Waals surface area contributed by atoms with Gasteiger partial charge in [-0.15, -0.1) is 0 Å². The number of nitrogen functional groups attached to an aromatic ring is 1. The Morgan fingerprint density at radius 3 is 2.79 bits per heavy atom. The van der Waals surface area contributed by atoms with Gasteiger partial charge in [0.05, 0.1) is 32.8 Å². The van der Waals surface area contributed by atoms with Gasteiger partial charge in [0, 0.05) is 6.54 Å². The maximum atomic E-state index is 9.55. The zero-order valence-corrected chi connectivity index (χ0v) is 17.1. The van der Waals surface area contributed by atoms with E-state index in [1.165, 1.54) is 12.7 Å². The van der Waals surface area contributed by atoms with E-state index in [1.54, 1.807) is 4.57 Å². The number of hydrogen-bond donors (Lipinski definition) is 4. The molecule has 15 heteroatoms. The fraction of sp³-hybridized carbons (Fsp3) is 0.643. The number of fused-ring (bicyclic) bond motifs is 1. The molecule has 3 atom stereocenters. The summed E-state index contributed by atoms with van der Waals surface area (Å²) in [5.74, 6) is 0.221. The van der Waals surface area contributed by atoms with Crippen molar-refractivity contribution in [1.82, 2.24) is 19.5 Å². The number of nitrogens with zero attached hydrogens (tertiary/aromatic N) is 4. The average molecular weight is 450 g/mol. The molecule has 2 aromatic rings. The van der Waals surface area contributed by atoms with E-state index in [0.29, 0.717) is 37.5 Å². The lowest BCUT2D eigenvalue weighted by Gasteiger charge is -2.25. The SMILES string of the molecule is NCCOCCOCOC1[C@@H](OP(O)(O)=S)CO[C@H]1n1cnc2c(N)ncnc21. The molecule has 0 aromatic carbocycles. The van der Waals surface area contributed by atoms with E-state index in [1.807, 2.05) is 0 Å². The standard InChI is InChI=1S/C14H23N6O7PS/c15-1-2-23-3-4-24-8-26-11-9(27-28(21,22)29)5-25-14(11)20-7-19-10-12(16)17-6-18-13(10)20/h6-7,9,11,14H,1-5,8,15H2,(H2,16,17,18)(H2,21,22,29)/t9-,11?,14+/m0/s1. The van der Waals surface area contributed by atoms with Crippen LogP contribution in [0.3, 0.4) is 0 Å². The van der Waals surface area contributed by atoms with Crippen molar-refractivity contribution in [3.05, 3.63) is 12.7 Å².